The van der Waals surface area contributed by atoms with Crippen molar-refractivity contribution >= 4 is 32.9 Å². The van der Waals surface area contributed by atoms with Crippen LogP contribution in [0.5, 0.6) is 5.75 Å². The number of nitrogens with zero attached hydrogens (tertiary/aromatic N) is 3. The maximum Gasteiger partial charge on any atom is 0.410 e. The number of nitrogens with one attached hydrogen (secondary N) is 1. The third kappa shape index (κ3) is 2.75. The molecule has 1 amide bonds. The molecular formula is C13H10N4O3S. The van der Waals surface area contributed by atoms with E-state index >= 15 is 0 Å². The van der Waals surface area contributed by atoms with E-state index in [1.54, 1.807) is 25.6 Å². The molecule has 2 N–H and O–H groups in total. The summed E-state index contributed by atoms with van der Waals surface area (Å²) in [6.45, 7) is 0. The molecule has 0 spiro atoms. The van der Waals surface area contributed by atoms with Crippen molar-refractivity contribution in [2.24, 2.45) is 0 Å². The van der Waals surface area contributed by atoms with E-state index < -0.39 is 6.09 Å². The molecule has 0 aliphatic carbocycles. The first-order valence-corrected chi connectivity index (χ1v) is 6.74. The molecule has 0 saturated heterocycles. The van der Waals surface area contributed by atoms with Crippen molar-refractivity contribution in [3.8, 4) is 17.0 Å². The Morgan fingerprint density at radius 1 is 1.33 bits per heavy atom. The summed E-state index contributed by atoms with van der Waals surface area (Å²) in [6, 6.07) is 5.43. The second kappa shape index (κ2) is 5.33. The third-order valence-corrected chi connectivity index (χ3v) is 3.59. The third-order valence-electron chi connectivity index (χ3n) is 2.71. The lowest BCUT2D eigenvalue weighted by molar-refractivity contribution is 0.210. The SMILES string of the molecule is COc1cncc(-c2ccc3nc(NC(=O)O)sc3n2)c1. The molecule has 3 aromatic heterocycles. The summed E-state index contributed by atoms with van der Waals surface area (Å²) in [7, 11) is 1.57. The Kier molecular flexibility index (Phi) is 3.36. The van der Waals surface area contributed by atoms with Crippen LogP contribution in [0.1, 0.15) is 0 Å². The maximum absolute atomic E-state index is 10.6. The van der Waals surface area contributed by atoms with Crippen LogP contribution in [0.2, 0.25) is 0 Å². The van der Waals surface area contributed by atoms with Gasteiger partial charge in [-0.2, -0.15) is 0 Å². The van der Waals surface area contributed by atoms with Gasteiger partial charge in [0.1, 0.15) is 16.1 Å². The summed E-state index contributed by atoms with van der Waals surface area (Å²) in [5.41, 5.74) is 2.18. The number of ether oxygens (including phenoxy) is 1. The van der Waals surface area contributed by atoms with Gasteiger partial charge in [-0.05, 0) is 18.2 Å². The van der Waals surface area contributed by atoms with Crippen molar-refractivity contribution in [2.45, 2.75) is 0 Å². The number of aromatic nitrogens is 3. The average molecular weight is 302 g/mol. The Morgan fingerprint density at radius 3 is 2.95 bits per heavy atom. The second-order valence-corrected chi connectivity index (χ2v) is 5.06. The summed E-state index contributed by atoms with van der Waals surface area (Å²) >= 11 is 1.18. The molecule has 0 aliphatic rings. The number of rotatable bonds is 3. The van der Waals surface area contributed by atoms with Gasteiger partial charge in [0.25, 0.3) is 0 Å². The van der Waals surface area contributed by atoms with Crippen molar-refractivity contribution in [2.75, 3.05) is 12.4 Å². The first kappa shape index (κ1) is 13.3. The van der Waals surface area contributed by atoms with Gasteiger partial charge in [-0.15, -0.1) is 0 Å². The van der Waals surface area contributed by atoms with Crippen LogP contribution in [-0.4, -0.2) is 33.3 Å². The Morgan fingerprint density at radius 2 is 2.19 bits per heavy atom. The molecule has 0 unspecified atom stereocenters. The molecule has 0 radical (unpaired) electrons. The van der Waals surface area contributed by atoms with Gasteiger partial charge in [0, 0.05) is 11.8 Å². The highest BCUT2D eigenvalue weighted by molar-refractivity contribution is 7.21. The summed E-state index contributed by atoms with van der Waals surface area (Å²) in [4.78, 5) is 24.0. The van der Waals surface area contributed by atoms with Crippen molar-refractivity contribution in [3.05, 3.63) is 30.6 Å². The molecule has 21 heavy (non-hydrogen) atoms. The number of pyridine rings is 2. The molecule has 3 rings (SSSR count). The van der Waals surface area contributed by atoms with Crippen molar-refractivity contribution in [3.63, 3.8) is 0 Å². The van der Waals surface area contributed by atoms with Gasteiger partial charge in [-0.25, -0.2) is 14.8 Å². The van der Waals surface area contributed by atoms with Crippen LogP contribution in [0.25, 0.3) is 21.6 Å². The predicted molar refractivity (Wildman–Crippen MR) is 78.8 cm³/mol. The lowest BCUT2D eigenvalue weighted by Crippen LogP contribution is -2.06. The van der Waals surface area contributed by atoms with Crippen LogP contribution in [0, 0.1) is 0 Å². The zero-order valence-electron chi connectivity index (χ0n) is 10.9. The highest BCUT2D eigenvalue weighted by Gasteiger charge is 2.09. The molecule has 0 aromatic carbocycles. The van der Waals surface area contributed by atoms with Crippen LogP contribution in [0.15, 0.2) is 30.6 Å². The van der Waals surface area contributed by atoms with Gasteiger partial charge < -0.3 is 9.84 Å². The number of carbonyl (C=O) groups is 1. The molecule has 3 aromatic rings. The Labute approximate surface area is 123 Å². The fourth-order valence-electron chi connectivity index (χ4n) is 1.79. The molecule has 0 atom stereocenters. The summed E-state index contributed by atoms with van der Waals surface area (Å²) in [6.07, 6.45) is 2.16. The molecule has 0 aliphatic heterocycles. The first-order chi connectivity index (χ1) is 10.2. The van der Waals surface area contributed by atoms with Gasteiger partial charge in [-0.1, -0.05) is 11.3 Å². The monoisotopic (exact) mass is 302 g/mol. The van der Waals surface area contributed by atoms with Crippen molar-refractivity contribution in [1.29, 1.82) is 0 Å². The molecule has 8 heteroatoms. The van der Waals surface area contributed by atoms with Gasteiger partial charge in [0.05, 0.1) is 19.0 Å². The lowest BCUT2D eigenvalue weighted by atomic mass is 10.2. The van der Waals surface area contributed by atoms with Crippen molar-refractivity contribution < 1.29 is 14.6 Å². The summed E-state index contributed by atoms with van der Waals surface area (Å²) in [5.74, 6) is 0.645. The largest absolute Gasteiger partial charge is 0.495 e. The zero-order chi connectivity index (χ0) is 14.8. The average Bonchev–Trinajstić information content (AvgIpc) is 2.87. The topological polar surface area (TPSA) is 97.2 Å². The van der Waals surface area contributed by atoms with E-state index in [9.17, 15) is 4.79 Å². The molecule has 0 fully saturated rings. The number of fused-ring (bicyclic) bond motifs is 1. The Balaban J connectivity index is 2.01. The van der Waals surface area contributed by atoms with Crippen LogP contribution in [0.4, 0.5) is 9.93 Å². The Bertz CT molecular complexity index is 818. The zero-order valence-corrected chi connectivity index (χ0v) is 11.7. The van der Waals surface area contributed by atoms with Crippen molar-refractivity contribution in [1.82, 2.24) is 15.0 Å². The van der Waals surface area contributed by atoms with Gasteiger partial charge in [0.2, 0.25) is 0 Å². The highest BCUT2D eigenvalue weighted by atomic mass is 32.1. The van der Waals surface area contributed by atoms with Gasteiger partial charge in [0.15, 0.2) is 5.13 Å². The van der Waals surface area contributed by atoms with E-state index in [1.165, 1.54) is 11.3 Å². The summed E-state index contributed by atoms with van der Waals surface area (Å²) in [5, 5.41) is 11.2. The number of hydrogen-bond acceptors (Lipinski definition) is 6. The second-order valence-electron chi connectivity index (χ2n) is 4.08. The maximum atomic E-state index is 10.6. The van der Waals surface area contributed by atoms with E-state index in [0.29, 0.717) is 21.2 Å². The molecule has 7 nitrogen and oxygen atoms in total. The van der Waals surface area contributed by atoms with E-state index in [-0.39, 0.29) is 0 Å². The fourth-order valence-corrected chi connectivity index (χ4v) is 2.62. The number of hydrogen-bond donors (Lipinski definition) is 2. The molecule has 106 valence electrons. The quantitative estimate of drug-likeness (QED) is 0.772. The summed E-state index contributed by atoms with van der Waals surface area (Å²) < 4.78 is 5.14. The highest BCUT2D eigenvalue weighted by Crippen LogP contribution is 2.28. The number of carboxylic acid groups (broad SMARTS) is 1. The van der Waals surface area contributed by atoms with Gasteiger partial charge in [-0.3, -0.25) is 10.3 Å². The molecule has 0 saturated carbocycles. The fraction of sp³-hybridized carbons (Fsp3) is 0.0769. The van der Waals surface area contributed by atoms with E-state index in [1.807, 2.05) is 12.1 Å². The minimum absolute atomic E-state index is 0.297. The molecular weight excluding hydrogens is 292 g/mol. The Hall–Kier alpha value is -2.74. The van der Waals surface area contributed by atoms with Crippen LogP contribution in [0.3, 0.4) is 0 Å². The molecule has 0 bridgehead atoms. The van der Waals surface area contributed by atoms with Gasteiger partial charge >= 0.3 is 6.09 Å². The first-order valence-electron chi connectivity index (χ1n) is 5.92. The number of thiazole rings is 1. The number of amides is 1. The van der Waals surface area contributed by atoms with Crippen LogP contribution >= 0.6 is 11.3 Å². The molecule has 3 heterocycles. The standard InChI is InChI=1S/C13H10N4O3S/c1-20-8-4-7(5-14-6-8)9-2-3-10-11(15-9)21-12(16-10)17-13(18)19/h2-6H,1H3,(H,16,17)(H,18,19). The minimum atomic E-state index is -1.15. The van der Waals surface area contributed by atoms with E-state index in [2.05, 4.69) is 20.3 Å². The normalized spacial score (nSPS) is 10.5. The minimum Gasteiger partial charge on any atom is -0.495 e. The van der Waals surface area contributed by atoms with E-state index in [4.69, 9.17) is 9.84 Å². The van der Waals surface area contributed by atoms with E-state index in [0.717, 1.165) is 11.3 Å². The predicted octanol–water partition coefficient (Wildman–Crippen LogP) is 2.85. The van der Waals surface area contributed by atoms with Crippen LogP contribution in [-0.2, 0) is 0 Å². The lowest BCUT2D eigenvalue weighted by Gasteiger charge is -2.02. The smallest absolute Gasteiger partial charge is 0.410 e. The van der Waals surface area contributed by atoms with Crippen LogP contribution < -0.4 is 10.1 Å². The number of methoxy groups -OCH3 is 1. The number of anilines is 1.